The van der Waals surface area contributed by atoms with Gasteiger partial charge in [-0.15, -0.1) is 0 Å². The Hall–Kier alpha value is -1.79. The van der Waals surface area contributed by atoms with E-state index in [1.807, 2.05) is 19.1 Å². The van der Waals surface area contributed by atoms with Gasteiger partial charge in [0, 0.05) is 49.5 Å². The van der Waals surface area contributed by atoms with Crippen molar-refractivity contribution in [3.05, 3.63) is 28.8 Å². The minimum absolute atomic E-state index is 0.00358. The van der Waals surface area contributed by atoms with Crippen LogP contribution in [0.15, 0.2) is 18.2 Å². The van der Waals surface area contributed by atoms with E-state index in [4.69, 9.17) is 16.3 Å². The van der Waals surface area contributed by atoms with E-state index in [1.54, 1.807) is 18.0 Å². The zero-order valence-electron chi connectivity index (χ0n) is 14.6. The molecule has 6 nitrogen and oxygen atoms in total. The van der Waals surface area contributed by atoms with Crippen molar-refractivity contribution in [1.82, 2.24) is 10.2 Å². The van der Waals surface area contributed by atoms with Gasteiger partial charge >= 0.3 is 6.03 Å². The zero-order chi connectivity index (χ0) is 18.0. The molecule has 25 heavy (non-hydrogen) atoms. The summed E-state index contributed by atoms with van der Waals surface area (Å²) in [6.07, 6.45) is 1.59. The number of likely N-dealkylation sites (tertiary alicyclic amines) is 1. The first-order chi connectivity index (χ1) is 12.0. The van der Waals surface area contributed by atoms with E-state index in [1.165, 1.54) is 0 Å². The molecule has 1 atom stereocenters. The van der Waals surface area contributed by atoms with Crippen molar-refractivity contribution in [3.63, 3.8) is 0 Å². The van der Waals surface area contributed by atoms with Gasteiger partial charge in [0.15, 0.2) is 0 Å². The van der Waals surface area contributed by atoms with Crippen LogP contribution in [0.25, 0.3) is 0 Å². The lowest BCUT2D eigenvalue weighted by Crippen LogP contribution is -2.43. The predicted octanol–water partition coefficient (Wildman–Crippen LogP) is 2.65. The molecule has 0 radical (unpaired) electrons. The maximum absolute atomic E-state index is 12.8. The van der Waals surface area contributed by atoms with Crippen molar-refractivity contribution in [3.8, 4) is 0 Å². The number of nitrogens with one attached hydrogen (secondary N) is 2. The quantitative estimate of drug-likeness (QED) is 0.846. The first-order valence-electron chi connectivity index (χ1n) is 8.57. The molecule has 2 N–H and O–H groups in total. The standard InChI is InChI=1S/C18H24ClN3O3/c1-12-14(19)4-3-5-15(12)21-17(24)22-10-13(16(23)20-2)18(11-22)6-8-25-9-7-18/h3-5,13H,6-11H2,1-2H3,(H,20,23)(H,21,24). The molecular formula is C18H24ClN3O3. The molecule has 2 saturated heterocycles. The lowest BCUT2D eigenvalue weighted by atomic mass is 9.72. The van der Waals surface area contributed by atoms with Crippen LogP contribution >= 0.6 is 11.6 Å². The molecule has 0 bridgehead atoms. The average Bonchev–Trinajstić information content (AvgIpc) is 2.98. The van der Waals surface area contributed by atoms with Crippen LogP contribution in [0.3, 0.4) is 0 Å². The lowest BCUT2D eigenvalue weighted by molar-refractivity contribution is -0.129. The van der Waals surface area contributed by atoms with E-state index < -0.39 is 0 Å². The highest BCUT2D eigenvalue weighted by molar-refractivity contribution is 6.31. The zero-order valence-corrected chi connectivity index (χ0v) is 15.4. The number of benzene rings is 1. The van der Waals surface area contributed by atoms with E-state index in [9.17, 15) is 9.59 Å². The Kier molecular flexibility index (Phi) is 5.20. The van der Waals surface area contributed by atoms with E-state index in [-0.39, 0.29) is 23.3 Å². The summed E-state index contributed by atoms with van der Waals surface area (Å²) in [5.74, 6) is -0.205. The summed E-state index contributed by atoms with van der Waals surface area (Å²) in [4.78, 5) is 26.9. The van der Waals surface area contributed by atoms with Crippen molar-refractivity contribution in [2.75, 3.05) is 38.7 Å². The van der Waals surface area contributed by atoms with E-state index in [2.05, 4.69) is 10.6 Å². The molecule has 2 aliphatic heterocycles. The van der Waals surface area contributed by atoms with Crippen molar-refractivity contribution < 1.29 is 14.3 Å². The van der Waals surface area contributed by atoms with Gasteiger partial charge in [0.25, 0.3) is 0 Å². The monoisotopic (exact) mass is 365 g/mol. The number of nitrogens with zero attached hydrogens (tertiary/aromatic N) is 1. The van der Waals surface area contributed by atoms with Gasteiger partial charge in [0.05, 0.1) is 5.92 Å². The van der Waals surface area contributed by atoms with Gasteiger partial charge in [-0.25, -0.2) is 4.79 Å². The second-order valence-corrected chi connectivity index (χ2v) is 7.27. The summed E-state index contributed by atoms with van der Waals surface area (Å²) in [6.45, 7) is 4.13. The van der Waals surface area contributed by atoms with Crippen LogP contribution in [0.5, 0.6) is 0 Å². The van der Waals surface area contributed by atoms with Gasteiger partial charge in [-0.3, -0.25) is 4.79 Å². The first kappa shape index (κ1) is 18.0. The third-order valence-electron chi connectivity index (χ3n) is 5.50. The van der Waals surface area contributed by atoms with Crippen LogP contribution in [-0.2, 0) is 9.53 Å². The summed E-state index contributed by atoms with van der Waals surface area (Å²) < 4.78 is 5.47. The number of amides is 3. The normalized spacial score (nSPS) is 22.0. The minimum atomic E-state index is -0.201. The number of carbonyl (C=O) groups excluding carboxylic acids is 2. The Morgan fingerprint density at radius 2 is 2.04 bits per heavy atom. The van der Waals surface area contributed by atoms with Crippen LogP contribution in [-0.4, -0.2) is 50.2 Å². The molecule has 0 saturated carbocycles. The van der Waals surface area contributed by atoms with Gasteiger partial charge in [-0.2, -0.15) is 0 Å². The van der Waals surface area contributed by atoms with E-state index in [0.29, 0.717) is 37.0 Å². The smallest absolute Gasteiger partial charge is 0.321 e. The molecule has 1 spiro atoms. The maximum atomic E-state index is 12.8. The van der Waals surface area contributed by atoms with Gasteiger partial charge in [0.1, 0.15) is 0 Å². The fourth-order valence-corrected chi connectivity index (χ4v) is 4.06. The fourth-order valence-electron chi connectivity index (χ4n) is 3.88. The third-order valence-corrected chi connectivity index (χ3v) is 5.91. The molecule has 3 amide bonds. The number of hydrogen-bond donors (Lipinski definition) is 2. The number of anilines is 1. The molecule has 136 valence electrons. The molecule has 0 aliphatic carbocycles. The fraction of sp³-hybridized carbons (Fsp3) is 0.556. The van der Waals surface area contributed by atoms with E-state index in [0.717, 1.165) is 18.4 Å². The number of rotatable bonds is 2. The SMILES string of the molecule is CNC(=O)C1CN(C(=O)Nc2cccc(Cl)c2C)CC12CCOCC2. The van der Waals surface area contributed by atoms with Gasteiger partial charge < -0.3 is 20.3 Å². The van der Waals surface area contributed by atoms with Gasteiger partial charge in [0.2, 0.25) is 5.91 Å². The number of hydrogen-bond acceptors (Lipinski definition) is 3. The van der Waals surface area contributed by atoms with Crippen LogP contribution in [0.2, 0.25) is 5.02 Å². The molecule has 2 aliphatic rings. The molecule has 1 unspecified atom stereocenters. The summed E-state index contributed by atoms with van der Waals surface area (Å²) in [6, 6.07) is 5.24. The maximum Gasteiger partial charge on any atom is 0.321 e. The van der Waals surface area contributed by atoms with E-state index >= 15 is 0 Å². The summed E-state index contributed by atoms with van der Waals surface area (Å²) in [5.41, 5.74) is 1.33. The Balaban J connectivity index is 1.77. The van der Waals surface area contributed by atoms with Crippen LogP contribution < -0.4 is 10.6 Å². The molecule has 7 heteroatoms. The second-order valence-electron chi connectivity index (χ2n) is 6.86. The van der Waals surface area contributed by atoms with Crippen molar-refractivity contribution in [2.45, 2.75) is 19.8 Å². The van der Waals surface area contributed by atoms with Gasteiger partial charge in [-0.1, -0.05) is 17.7 Å². The molecule has 2 fully saturated rings. The van der Waals surface area contributed by atoms with Crippen LogP contribution in [0, 0.1) is 18.3 Å². The number of ether oxygens (including phenoxy) is 1. The average molecular weight is 366 g/mol. The Bertz CT molecular complexity index is 674. The number of urea groups is 1. The molecule has 3 rings (SSSR count). The van der Waals surface area contributed by atoms with Gasteiger partial charge in [-0.05, 0) is 37.5 Å². The van der Waals surface area contributed by atoms with Crippen molar-refractivity contribution >= 4 is 29.2 Å². The largest absolute Gasteiger partial charge is 0.381 e. The Morgan fingerprint density at radius 3 is 2.72 bits per heavy atom. The number of carbonyl (C=O) groups is 2. The minimum Gasteiger partial charge on any atom is -0.381 e. The second kappa shape index (κ2) is 7.22. The van der Waals surface area contributed by atoms with Crippen molar-refractivity contribution in [2.24, 2.45) is 11.3 Å². The topological polar surface area (TPSA) is 70.7 Å². The highest BCUT2D eigenvalue weighted by Crippen LogP contribution is 2.44. The summed E-state index contributed by atoms with van der Waals surface area (Å²) >= 11 is 6.13. The first-order valence-corrected chi connectivity index (χ1v) is 8.95. The predicted molar refractivity (Wildman–Crippen MR) is 96.8 cm³/mol. The molecule has 2 heterocycles. The number of halogens is 1. The molecular weight excluding hydrogens is 342 g/mol. The van der Waals surface area contributed by atoms with Crippen LogP contribution in [0.1, 0.15) is 18.4 Å². The molecule has 1 aromatic carbocycles. The molecule has 1 aromatic rings. The highest BCUT2D eigenvalue weighted by Gasteiger charge is 2.51. The third kappa shape index (κ3) is 3.46. The lowest BCUT2D eigenvalue weighted by Gasteiger charge is -2.36. The molecule has 0 aromatic heterocycles. The highest BCUT2D eigenvalue weighted by atomic mass is 35.5. The van der Waals surface area contributed by atoms with Crippen LogP contribution in [0.4, 0.5) is 10.5 Å². The summed E-state index contributed by atoms with van der Waals surface area (Å²) in [7, 11) is 1.65. The Labute approximate surface area is 152 Å². The Morgan fingerprint density at radius 1 is 1.32 bits per heavy atom. The van der Waals surface area contributed by atoms with Crippen molar-refractivity contribution in [1.29, 1.82) is 0 Å². The summed E-state index contributed by atoms with van der Waals surface area (Å²) in [5, 5.41) is 6.29.